The number of carbonyl (C=O) groups excluding carboxylic acids is 5. The molecule has 10 aliphatic rings. The molecule has 55 heteroatoms. The van der Waals surface area contributed by atoms with Gasteiger partial charge in [0.15, 0.2) is 62.9 Å². The molecule has 0 unspecified atom stereocenters. The van der Waals surface area contributed by atoms with Gasteiger partial charge in [0.1, 0.15) is 238 Å². The van der Waals surface area contributed by atoms with Crippen molar-refractivity contribution in [3.8, 4) is 0 Å². The van der Waals surface area contributed by atoms with E-state index in [9.17, 15) is 157 Å². The van der Waals surface area contributed by atoms with Crippen LogP contribution in [0.15, 0.2) is 0 Å². The van der Waals surface area contributed by atoms with Gasteiger partial charge < -0.3 is 249 Å². The van der Waals surface area contributed by atoms with Crippen molar-refractivity contribution in [1.82, 2.24) is 26.6 Å². The summed E-state index contributed by atoms with van der Waals surface area (Å²) in [5, 5.41) is 305. The highest BCUT2D eigenvalue weighted by Gasteiger charge is 2.62. The molecule has 125 heavy (non-hydrogen) atoms. The van der Waals surface area contributed by atoms with Crippen LogP contribution in [0.3, 0.4) is 0 Å². The van der Waals surface area contributed by atoms with E-state index in [1.54, 1.807) is 0 Å². The average Bonchev–Trinajstić information content (AvgIpc) is 0.756. The first-order chi connectivity index (χ1) is 59.1. The largest absolute Gasteiger partial charge is 0.394 e. The van der Waals surface area contributed by atoms with Crippen LogP contribution in [0.4, 0.5) is 0 Å². The average molecular weight is 1830 g/mol. The Hall–Kier alpha value is -4.45. The molecule has 0 aliphatic carbocycles. The van der Waals surface area contributed by atoms with E-state index in [0.717, 1.165) is 34.6 Å². The van der Waals surface area contributed by atoms with Crippen molar-refractivity contribution in [2.45, 2.75) is 348 Å². The lowest BCUT2D eigenvalue weighted by atomic mass is 9.93. The Morgan fingerprint density at radius 1 is 0.224 bits per heavy atom. The zero-order chi connectivity index (χ0) is 92.1. The Labute approximate surface area is 708 Å². The zero-order valence-electron chi connectivity index (χ0n) is 67.7. The summed E-state index contributed by atoms with van der Waals surface area (Å²) in [5.41, 5.74) is 0. The minimum Gasteiger partial charge on any atom is -0.394 e. The molecule has 0 bridgehead atoms. The number of ether oxygens (including phenoxy) is 19. The number of hydrogen-bond acceptors (Lipinski definition) is 50. The van der Waals surface area contributed by atoms with E-state index in [1.165, 1.54) is 6.92 Å². The molecule has 722 valence electrons. The summed E-state index contributed by atoms with van der Waals surface area (Å²) in [7, 11) is 0. The molecule has 10 fully saturated rings. The third-order valence-corrected chi connectivity index (χ3v) is 22.8. The standard InChI is InChI=1S/C70H117N5O50/c1-16-36(88)47(99)51(103)66(109-16)107-14-29-56(44(96)31(61(106)110-29)71-17(2)83)119-64-34(74-20(5)86)45(97)55(28(13-82)116-64)121-68-53(105)58(123-70-60(50(102)41(93)26(11-80)115-70)125-63-33(73-19(4)85)43(95)38(90)23(8-77)112-63)57(122-62-32(72-18(3)84)42(94)37(89)22(7-76)111-62)30(118-68)15-108-69-59(49(101)40(92)25(10-79)114-69)124-65-35(75-21(6)87)46(98)54(27(12-81)117-65)120-67-52(104)48(100)39(91)24(9-78)113-67/h16,22-70,76-82,88-106H,7-15H2,1-6H3,(H,71,83)(H,72,84)(H,73,85)(H,74,86)(H,75,87)/t16-,22+,23-,24+,25-,26-,27-,28-,29+,30+,31+,32+,33-,34-,35-,36+,37+,38-,39-,40-,41-,42+,43-,44+,45-,46-,47+,48-,49+,50+,51-,52+,53-,54-,55-,56+,57+,58+,59+,60+,61+,62-,63+,64+,65+,66+,67-,68-,69+,70-/m1/s1. The van der Waals surface area contributed by atoms with Crippen molar-refractivity contribution >= 4 is 29.5 Å². The maximum Gasteiger partial charge on any atom is 0.217 e. The van der Waals surface area contributed by atoms with Crippen LogP contribution in [0.2, 0.25) is 0 Å². The van der Waals surface area contributed by atoms with Crippen molar-refractivity contribution in [1.29, 1.82) is 0 Å². The normalized spacial score (nSPS) is 48.7. The number of nitrogens with one attached hydrogen (secondary N) is 5. The maximum atomic E-state index is 13.4. The van der Waals surface area contributed by atoms with Gasteiger partial charge in [0, 0.05) is 34.6 Å². The van der Waals surface area contributed by atoms with Crippen LogP contribution >= 0.6 is 0 Å². The van der Waals surface area contributed by atoms with Crippen LogP contribution < -0.4 is 26.6 Å². The highest BCUT2D eigenvalue weighted by molar-refractivity contribution is 5.75. The molecule has 0 aromatic carbocycles. The van der Waals surface area contributed by atoms with Gasteiger partial charge in [-0.1, -0.05) is 0 Å². The van der Waals surface area contributed by atoms with Crippen molar-refractivity contribution < 1.29 is 247 Å². The fourth-order valence-corrected chi connectivity index (χ4v) is 16.2. The second-order valence-corrected chi connectivity index (χ2v) is 31.7. The van der Waals surface area contributed by atoms with Crippen LogP contribution in [-0.2, 0) is 114 Å². The number of aliphatic hydroxyl groups excluding tert-OH is 26. The first kappa shape index (κ1) is 103. The van der Waals surface area contributed by atoms with E-state index in [2.05, 4.69) is 26.6 Å². The third-order valence-electron chi connectivity index (χ3n) is 22.8. The fraction of sp³-hybridized carbons (Fsp3) is 0.929. The molecule has 0 aromatic rings. The van der Waals surface area contributed by atoms with Gasteiger partial charge in [-0.25, -0.2) is 0 Å². The molecular formula is C70H117N5O50. The fourth-order valence-electron chi connectivity index (χ4n) is 16.2. The summed E-state index contributed by atoms with van der Waals surface area (Å²) in [4.78, 5) is 65.0. The second-order valence-electron chi connectivity index (χ2n) is 31.7. The highest BCUT2D eigenvalue weighted by Crippen LogP contribution is 2.41. The zero-order valence-corrected chi connectivity index (χ0v) is 67.7. The summed E-state index contributed by atoms with van der Waals surface area (Å²) < 4.78 is 116. The summed E-state index contributed by atoms with van der Waals surface area (Å²) in [6, 6.07) is -9.77. The predicted molar refractivity (Wildman–Crippen MR) is 386 cm³/mol. The number of rotatable bonds is 32. The molecule has 0 saturated carbocycles. The Morgan fingerprint density at radius 3 is 0.904 bits per heavy atom. The van der Waals surface area contributed by atoms with Crippen molar-refractivity contribution in [3.05, 3.63) is 0 Å². The Kier molecular flexibility index (Phi) is 36.8. The van der Waals surface area contributed by atoms with Crippen LogP contribution in [0.25, 0.3) is 0 Å². The van der Waals surface area contributed by atoms with Gasteiger partial charge >= 0.3 is 0 Å². The Morgan fingerprint density at radius 2 is 0.488 bits per heavy atom. The van der Waals surface area contributed by atoms with E-state index >= 15 is 0 Å². The van der Waals surface area contributed by atoms with Crippen molar-refractivity contribution in [2.24, 2.45) is 0 Å². The number of amides is 5. The third kappa shape index (κ3) is 23.1. The molecule has 5 amide bonds. The van der Waals surface area contributed by atoms with E-state index < -0.39 is 396 Å². The molecule has 0 spiro atoms. The molecule has 10 heterocycles. The molecule has 0 radical (unpaired) electrons. The minimum atomic E-state index is -2.75. The van der Waals surface area contributed by atoms with E-state index in [1.807, 2.05) is 0 Å². The van der Waals surface area contributed by atoms with Gasteiger partial charge in [-0.2, -0.15) is 0 Å². The first-order valence-electron chi connectivity index (χ1n) is 40.0. The monoisotopic (exact) mass is 1830 g/mol. The Bertz CT molecular complexity index is 3420. The molecule has 10 rings (SSSR count). The van der Waals surface area contributed by atoms with Gasteiger partial charge in [-0.05, 0) is 6.92 Å². The lowest BCUT2D eigenvalue weighted by Crippen LogP contribution is -2.71. The molecule has 55 nitrogen and oxygen atoms in total. The van der Waals surface area contributed by atoms with Gasteiger partial charge in [-0.15, -0.1) is 0 Å². The second kappa shape index (κ2) is 44.9. The van der Waals surface area contributed by atoms with E-state index in [0.29, 0.717) is 0 Å². The molecule has 50 atom stereocenters. The van der Waals surface area contributed by atoms with Gasteiger partial charge in [0.25, 0.3) is 0 Å². The molecule has 31 N–H and O–H groups in total. The Balaban J connectivity index is 1.07. The smallest absolute Gasteiger partial charge is 0.217 e. The summed E-state index contributed by atoms with van der Waals surface area (Å²) >= 11 is 0. The van der Waals surface area contributed by atoms with Crippen molar-refractivity contribution in [3.63, 3.8) is 0 Å². The lowest BCUT2D eigenvalue weighted by Gasteiger charge is -2.52. The predicted octanol–water partition coefficient (Wildman–Crippen LogP) is -21.1. The summed E-state index contributed by atoms with van der Waals surface area (Å²) in [5.74, 6) is -4.79. The number of hydrogen-bond donors (Lipinski definition) is 31. The van der Waals surface area contributed by atoms with Crippen LogP contribution in [0.5, 0.6) is 0 Å². The van der Waals surface area contributed by atoms with Crippen molar-refractivity contribution in [2.75, 3.05) is 59.5 Å². The number of aliphatic hydroxyl groups is 26. The lowest BCUT2D eigenvalue weighted by molar-refractivity contribution is -0.407. The van der Waals surface area contributed by atoms with Gasteiger partial charge in [-0.3, -0.25) is 24.0 Å². The number of carbonyl (C=O) groups is 5. The topological polar surface area (TPSA) is 847 Å². The first-order valence-corrected chi connectivity index (χ1v) is 40.0. The SMILES string of the molecule is CC(=O)N[C@@H]1[C@@H](O[C@@H]2[C@@H](O[C@H]3O[C@H](CO)[C@@H](O)[C@H](O)[C@@H]3O[C@@H]3O[C@H](CO)[C@@H](O)[C@H](O)[C@H]3NC(C)=O)[C@@H](O)[C@@H](O[C@H]3[C@H](O)[C@@H](NC(C)=O)[C@H](O[C@@H]4[C@@H](O)[C@H](NC(C)=O)[C@@H](O)O[C@H]4CO[C@H]4O[C@H](C)[C@H](O)[C@H](O)[C@H]4O)O[C@@H]3CO)O[C@H]2CO[C@H]2O[C@H](CO)[C@@H](O)[C@H](O)[C@@H]2O[C@@H]2O[C@H](CO)[C@@H](O[C@H]3O[C@@H](CO)[C@@H](O)[C@@H](O)[C@@H]3O)[C@H](O)[C@H]2NC(C)=O)O[C@@H](CO)[C@H](O)[C@H]1O. The van der Waals surface area contributed by atoms with Crippen LogP contribution in [0.1, 0.15) is 41.5 Å². The van der Waals surface area contributed by atoms with Crippen LogP contribution in [-0.4, -0.2) is 529 Å². The van der Waals surface area contributed by atoms with E-state index in [-0.39, 0.29) is 0 Å². The van der Waals surface area contributed by atoms with Gasteiger partial charge in [0.2, 0.25) is 29.5 Å². The molecular weight excluding hydrogens is 1710 g/mol. The maximum absolute atomic E-state index is 13.4. The molecule has 10 saturated heterocycles. The molecule has 10 aliphatic heterocycles. The van der Waals surface area contributed by atoms with E-state index in [4.69, 9.17) is 90.0 Å². The van der Waals surface area contributed by atoms with Crippen LogP contribution in [0, 0.1) is 0 Å². The van der Waals surface area contributed by atoms with Gasteiger partial charge in [0.05, 0.1) is 65.6 Å². The summed E-state index contributed by atoms with van der Waals surface area (Å²) in [6.45, 7) is -4.42. The quantitative estimate of drug-likeness (QED) is 0.0297. The molecule has 0 aromatic heterocycles. The highest BCUT2D eigenvalue weighted by atomic mass is 16.8. The summed E-state index contributed by atoms with van der Waals surface area (Å²) in [6.07, 6.45) is -95.8. The minimum absolute atomic E-state index is 0.863.